The number of ketones is 1. The maximum Gasteiger partial charge on any atom is 0.449 e. The summed E-state index contributed by atoms with van der Waals surface area (Å²) in [6.07, 6.45) is -4.39. The predicted octanol–water partition coefficient (Wildman–Crippen LogP) is 3.78. The molecule has 1 rings (SSSR count). The number of Topliss-reactive ketones (excluding diaryl/α,β-unsaturated/α-hetero) is 1. The highest BCUT2D eigenvalue weighted by molar-refractivity contribution is 6.00. The monoisotopic (exact) mass is 250 g/mol. The molecule has 0 spiro atoms. The quantitative estimate of drug-likeness (QED) is 0.524. The fourth-order valence-electron chi connectivity index (χ4n) is 2.67. The van der Waals surface area contributed by atoms with E-state index in [9.17, 15) is 23.1 Å². The van der Waals surface area contributed by atoms with Gasteiger partial charge < -0.3 is 5.11 Å². The van der Waals surface area contributed by atoms with Crippen molar-refractivity contribution in [2.24, 2.45) is 10.8 Å². The molecule has 0 heterocycles. The molecule has 0 aliphatic heterocycles. The van der Waals surface area contributed by atoms with Gasteiger partial charge in [0.15, 0.2) is 5.78 Å². The lowest BCUT2D eigenvalue weighted by Crippen LogP contribution is -2.40. The third-order valence-corrected chi connectivity index (χ3v) is 3.02. The Morgan fingerprint density at radius 1 is 1.24 bits per heavy atom. The van der Waals surface area contributed by atoms with Crippen molar-refractivity contribution in [1.82, 2.24) is 0 Å². The van der Waals surface area contributed by atoms with Gasteiger partial charge in [-0.05, 0) is 18.3 Å². The second-order valence-corrected chi connectivity index (χ2v) is 6.06. The highest BCUT2D eigenvalue weighted by atomic mass is 19.4. The van der Waals surface area contributed by atoms with Gasteiger partial charge in [0.2, 0.25) is 5.76 Å². The van der Waals surface area contributed by atoms with Crippen molar-refractivity contribution in [3.8, 4) is 0 Å². The number of carbonyl (C=O) groups is 1. The molecule has 1 N–H and O–H groups in total. The number of alkyl halides is 3. The summed E-state index contributed by atoms with van der Waals surface area (Å²) in [5, 5.41) is 9.18. The molecule has 0 aromatic rings. The molecule has 0 atom stereocenters. The van der Waals surface area contributed by atoms with E-state index >= 15 is 0 Å². The maximum atomic E-state index is 12.5. The van der Waals surface area contributed by atoms with Gasteiger partial charge in [-0.25, -0.2) is 0 Å². The van der Waals surface area contributed by atoms with Gasteiger partial charge in [-0.2, -0.15) is 13.2 Å². The number of hydrogen-bond donors (Lipinski definition) is 1. The van der Waals surface area contributed by atoms with Crippen LogP contribution in [-0.2, 0) is 4.79 Å². The summed E-state index contributed by atoms with van der Waals surface area (Å²) in [5.41, 5.74) is -1.78. The predicted molar refractivity (Wildman–Crippen MR) is 57.5 cm³/mol. The zero-order valence-electron chi connectivity index (χ0n) is 10.4. The van der Waals surface area contributed by atoms with Crippen LogP contribution in [0.5, 0.6) is 0 Å². The Morgan fingerprint density at radius 3 is 2.12 bits per heavy atom. The van der Waals surface area contributed by atoms with Crippen LogP contribution in [0.25, 0.3) is 0 Å². The first-order valence-corrected chi connectivity index (χ1v) is 5.41. The van der Waals surface area contributed by atoms with E-state index in [0.29, 0.717) is 6.42 Å². The number of aliphatic hydroxyl groups is 1. The van der Waals surface area contributed by atoms with Gasteiger partial charge in [0, 0.05) is 11.0 Å². The minimum Gasteiger partial charge on any atom is -0.504 e. The van der Waals surface area contributed by atoms with Crippen molar-refractivity contribution < 1.29 is 23.1 Å². The van der Waals surface area contributed by atoms with E-state index in [1.807, 2.05) is 0 Å². The van der Waals surface area contributed by atoms with Gasteiger partial charge in [-0.3, -0.25) is 4.79 Å². The maximum absolute atomic E-state index is 12.5. The lowest BCUT2D eigenvalue weighted by Gasteiger charge is -2.40. The molecule has 1 fully saturated rings. The van der Waals surface area contributed by atoms with Crippen LogP contribution in [0.15, 0.2) is 11.3 Å². The average Bonchev–Trinajstić information content (AvgIpc) is 2.07. The number of halogens is 3. The van der Waals surface area contributed by atoms with Crippen LogP contribution in [0.4, 0.5) is 13.2 Å². The topological polar surface area (TPSA) is 37.3 Å². The number of hydrogen-bond acceptors (Lipinski definition) is 2. The standard InChI is InChI=1S/C12H17F3O2/c1-10(2)5-7(9(17)12(13,14)15)8(16)11(3,4)6-10/h17H,5-6H2,1-4H3/b9-7+. The summed E-state index contributed by atoms with van der Waals surface area (Å²) >= 11 is 0. The Balaban J connectivity index is 3.29. The van der Waals surface area contributed by atoms with Crippen molar-refractivity contribution in [3.05, 3.63) is 11.3 Å². The minimum atomic E-state index is -4.85. The van der Waals surface area contributed by atoms with Crippen LogP contribution < -0.4 is 0 Å². The van der Waals surface area contributed by atoms with E-state index in [2.05, 4.69) is 0 Å². The fourth-order valence-corrected chi connectivity index (χ4v) is 2.67. The summed E-state index contributed by atoms with van der Waals surface area (Å²) in [4.78, 5) is 11.9. The first kappa shape index (κ1) is 14.1. The van der Waals surface area contributed by atoms with E-state index in [4.69, 9.17) is 0 Å². The Morgan fingerprint density at radius 2 is 1.71 bits per heavy atom. The summed E-state index contributed by atoms with van der Waals surface area (Å²) in [5.74, 6) is -2.34. The Hall–Kier alpha value is -1.00. The van der Waals surface area contributed by atoms with Crippen LogP contribution >= 0.6 is 0 Å². The fraction of sp³-hybridized carbons (Fsp3) is 0.750. The molecule has 0 saturated heterocycles. The molecule has 0 bridgehead atoms. The second-order valence-electron chi connectivity index (χ2n) is 6.06. The lowest BCUT2D eigenvalue weighted by molar-refractivity contribution is -0.135. The van der Waals surface area contributed by atoms with Crippen LogP contribution in [0, 0.1) is 10.8 Å². The Kier molecular flexibility index (Phi) is 3.10. The van der Waals surface area contributed by atoms with Crippen molar-refractivity contribution in [2.75, 3.05) is 0 Å². The zero-order chi connectivity index (χ0) is 13.6. The molecule has 0 radical (unpaired) electrons. The van der Waals surface area contributed by atoms with Crippen LogP contribution in [0.1, 0.15) is 40.5 Å². The van der Waals surface area contributed by atoms with Crippen LogP contribution in [-0.4, -0.2) is 17.1 Å². The first-order chi connectivity index (χ1) is 7.37. The van der Waals surface area contributed by atoms with Crippen LogP contribution in [0.2, 0.25) is 0 Å². The van der Waals surface area contributed by atoms with E-state index in [1.165, 1.54) is 0 Å². The van der Waals surface area contributed by atoms with Gasteiger partial charge in [-0.1, -0.05) is 27.7 Å². The van der Waals surface area contributed by atoms with E-state index in [1.54, 1.807) is 27.7 Å². The lowest BCUT2D eigenvalue weighted by atomic mass is 9.62. The molecule has 5 heteroatoms. The SMILES string of the molecule is CC1(C)C/C(=C(\O)C(F)(F)F)C(=O)C(C)(C)C1. The summed E-state index contributed by atoms with van der Waals surface area (Å²) < 4.78 is 37.4. The van der Waals surface area contributed by atoms with Gasteiger partial charge >= 0.3 is 6.18 Å². The largest absolute Gasteiger partial charge is 0.504 e. The molecule has 1 aliphatic carbocycles. The molecular weight excluding hydrogens is 233 g/mol. The average molecular weight is 250 g/mol. The molecule has 0 unspecified atom stereocenters. The molecule has 2 nitrogen and oxygen atoms in total. The van der Waals surface area contributed by atoms with E-state index in [0.717, 1.165) is 0 Å². The molecular formula is C12H17F3O2. The summed E-state index contributed by atoms with van der Waals surface area (Å²) in [7, 11) is 0. The smallest absolute Gasteiger partial charge is 0.449 e. The van der Waals surface area contributed by atoms with Crippen molar-refractivity contribution >= 4 is 5.78 Å². The summed E-state index contributed by atoms with van der Waals surface area (Å²) in [6, 6.07) is 0. The second kappa shape index (κ2) is 3.75. The third-order valence-electron chi connectivity index (χ3n) is 3.02. The van der Waals surface area contributed by atoms with Crippen molar-refractivity contribution in [1.29, 1.82) is 0 Å². The normalized spacial score (nSPS) is 26.9. The van der Waals surface area contributed by atoms with Crippen LogP contribution in [0.3, 0.4) is 0 Å². The van der Waals surface area contributed by atoms with Gasteiger partial charge in [0.05, 0.1) is 0 Å². The number of carbonyl (C=O) groups excluding carboxylic acids is 1. The van der Waals surface area contributed by atoms with E-state index < -0.39 is 34.1 Å². The minimum absolute atomic E-state index is 0.0411. The molecule has 0 amide bonds. The number of rotatable bonds is 0. The van der Waals surface area contributed by atoms with E-state index in [-0.39, 0.29) is 6.42 Å². The third kappa shape index (κ3) is 2.82. The van der Waals surface area contributed by atoms with Crippen molar-refractivity contribution in [2.45, 2.75) is 46.7 Å². The van der Waals surface area contributed by atoms with Gasteiger partial charge in [0.25, 0.3) is 0 Å². The molecule has 1 aliphatic rings. The zero-order valence-corrected chi connectivity index (χ0v) is 10.4. The molecule has 17 heavy (non-hydrogen) atoms. The molecule has 1 saturated carbocycles. The highest BCUT2D eigenvalue weighted by Gasteiger charge is 2.47. The van der Waals surface area contributed by atoms with Crippen molar-refractivity contribution in [3.63, 3.8) is 0 Å². The molecule has 98 valence electrons. The molecule has 0 aromatic heterocycles. The number of allylic oxidation sites excluding steroid dienone is 2. The molecule has 0 aromatic carbocycles. The number of aliphatic hydroxyl groups excluding tert-OH is 1. The Labute approximate surface area is 98.5 Å². The Bertz CT molecular complexity index is 376. The summed E-state index contributed by atoms with van der Waals surface area (Å²) in [6.45, 7) is 6.81. The van der Waals surface area contributed by atoms with Gasteiger partial charge in [0.1, 0.15) is 0 Å². The first-order valence-electron chi connectivity index (χ1n) is 5.41. The van der Waals surface area contributed by atoms with Gasteiger partial charge in [-0.15, -0.1) is 0 Å². The highest BCUT2D eigenvalue weighted by Crippen LogP contribution is 2.47.